The lowest BCUT2D eigenvalue weighted by Gasteiger charge is -2.61. The number of hydrogen-bond acceptors (Lipinski definition) is 10. The molecule has 3 fully saturated rings. The lowest BCUT2D eigenvalue weighted by atomic mass is 9.72. The van der Waals surface area contributed by atoms with E-state index in [-0.39, 0.29) is 40.6 Å². The van der Waals surface area contributed by atoms with Crippen LogP contribution in [-0.2, 0) is 6.54 Å². The standard InChI is InChI=1S/C35H32ClN7O4S/c1-19-40-25-13-39-31(42-17-35(18-42)15-41(16-35)27-11-34(27,2)3)23(12-37)28(25)32(44)43(19)8-9-47-26-5-4-20(36)10-22(26)21-6-7-38-29-24(33(45)46)14-48-30(21)29/h4-7,10,13-14,27H,8-9,11,15-18H2,1-3H3,(H,45,46). The summed E-state index contributed by atoms with van der Waals surface area (Å²) >= 11 is 7.68. The molecule has 13 heteroatoms. The van der Waals surface area contributed by atoms with Crippen molar-refractivity contribution in [3.8, 4) is 22.9 Å². The number of nitrogens with zero attached hydrogens (tertiary/aromatic N) is 7. The first kappa shape index (κ1) is 30.7. The molecule has 3 aliphatic rings. The van der Waals surface area contributed by atoms with Crippen molar-refractivity contribution in [1.29, 1.82) is 5.26 Å². The molecular weight excluding hydrogens is 650 g/mol. The van der Waals surface area contributed by atoms with Crippen molar-refractivity contribution in [1.82, 2.24) is 24.4 Å². The monoisotopic (exact) mass is 681 g/mol. The largest absolute Gasteiger partial charge is 0.491 e. The molecule has 1 saturated carbocycles. The Morgan fingerprint density at radius 1 is 1.19 bits per heavy atom. The molecule has 0 bridgehead atoms. The number of anilines is 1. The van der Waals surface area contributed by atoms with E-state index >= 15 is 0 Å². The van der Waals surface area contributed by atoms with Gasteiger partial charge >= 0.3 is 5.97 Å². The number of nitriles is 1. The van der Waals surface area contributed by atoms with Crippen molar-refractivity contribution >= 4 is 55.8 Å². The van der Waals surface area contributed by atoms with Gasteiger partial charge < -0.3 is 14.7 Å². The van der Waals surface area contributed by atoms with E-state index in [1.807, 2.05) is 0 Å². The van der Waals surface area contributed by atoms with E-state index < -0.39 is 5.97 Å². The Hall–Kier alpha value is -4.57. The number of rotatable bonds is 8. The van der Waals surface area contributed by atoms with Gasteiger partial charge in [0.1, 0.15) is 35.6 Å². The van der Waals surface area contributed by atoms with E-state index in [0.29, 0.717) is 55.2 Å². The molecule has 8 rings (SSSR count). The van der Waals surface area contributed by atoms with Crippen molar-refractivity contribution in [2.75, 3.05) is 37.7 Å². The number of carbonyl (C=O) groups is 1. The molecule has 1 spiro atoms. The van der Waals surface area contributed by atoms with Gasteiger partial charge in [0.25, 0.3) is 5.56 Å². The number of hydrogen-bond donors (Lipinski definition) is 1. The molecule has 244 valence electrons. The van der Waals surface area contributed by atoms with Crippen LogP contribution in [0.1, 0.15) is 42.0 Å². The van der Waals surface area contributed by atoms with Gasteiger partial charge in [-0.2, -0.15) is 5.26 Å². The number of aryl methyl sites for hydroxylation is 1. The van der Waals surface area contributed by atoms with Crippen LogP contribution in [0.3, 0.4) is 0 Å². The number of likely N-dealkylation sites (tertiary alicyclic amines) is 1. The highest BCUT2D eigenvalue weighted by molar-refractivity contribution is 7.18. The summed E-state index contributed by atoms with van der Waals surface area (Å²) in [4.78, 5) is 43.9. The Balaban J connectivity index is 1.04. The highest BCUT2D eigenvalue weighted by atomic mass is 35.5. The number of carboxylic acid groups (broad SMARTS) is 1. The topological polar surface area (TPSA) is 137 Å². The zero-order chi connectivity index (χ0) is 33.5. The van der Waals surface area contributed by atoms with Gasteiger partial charge in [0.2, 0.25) is 0 Å². The minimum atomic E-state index is -1.04. The number of fused-ring (bicyclic) bond motifs is 2. The third kappa shape index (κ3) is 4.91. The second kappa shape index (κ2) is 11.0. The summed E-state index contributed by atoms with van der Waals surface area (Å²) in [7, 11) is 0. The Morgan fingerprint density at radius 2 is 1.96 bits per heavy atom. The summed E-state index contributed by atoms with van der Waals surface area (Å²) in [6.07, 6.45) is 4.42. The fourth-order valence-corrected chi connectivity index (χ4v) is 8.71. The van der Waals surface area contributed by atoms with E-state index in [2.05, 4.69) is 44.7 Å². The lowest BCUT2D eigenvalue weighted by molar-refractivity contribution is -0.0344. The number of pyridine rings is 2. The molecule has 2 saturated heterocycles. The summed E-state index contributed by atoms with van der Waals surface area (Å²) < 4.78 is 8.47. The number of benzene rings is 1. The van der Waals surface area contributed by atoms with Crippen LogP contribution in [0, 0.1) is 29.1 Å². The number of aromatic carboxylic acids is 1. The first-order valence-corrected chi connectivity index (χ1v) is 17.1. The van der Waals surface area contributed by atoms with Crippen molar-refractivity contribution in [3.05, 3.63) is 74.4 Å². The molecule has 1 unspecified atom stereocenters. The fourth-order valence-electron chi connectivity index (χ4n) is 7.51. The van der Waals surface area contributed by atoms with Gasteiger partial charge in [0.05, 0.1) is 39.4 Å². The number of aromatic nitrogens is 4. The van der Waals surface area contributed by atoms with Crippen LogP contribution < -0.4 is 15.2 Å². The highest BCUT2D eigenvalue weighted by Gasteiger charge is 2.60. The van der Waals surface area contributed by atoms with Crippen molar-refractivity contribution < 1.29 is 14.6 Å². The maximum absolute atomic E-state index is 14.0. The van der Waals surface area contributed by atoms with Crippen molar-refractivity contribution in [2.45, 2.75) is 39.8 Å². The van der Waals surface area contributed by atoms with Crippen LogP contribution in [0.2, 0.25) is 5.02 Å². The Labute approximate surface area is 285 Å². The average Bonchev–Trinajstić information content (AvgIpc) is 3.41. The third-order valence-electron chi connectivity index (χ3n) is 10.1. The predicted octanol–water partition coefficient (Wildman–Crippen LogP) is 5.60. The molecule has 1 aromatic carbocycles. The SMILES string of the molecule is Cc1nc2cnc(N3CC4(C3)CN(C3CC3(C)C)C4)c(C#N)c2c(=O)n1CCOc1ccc(Cl)cc1-c1ccnc2c(C(=O)O)csc12. The Bertz CT molecular complexity index is 2260. The quantitative estimate of drug-likeness (QED) is 0.220. The van der Waals surface area contributed by atoms with Crippen LogP contribution in [-0.4, -0.2) is 74.3 Å². The van der Waals surface area contributed by atoms with Crippen LogP contribution in [0.15, 0.2) is 46.8 Å². The number of halogens is 1. The fraction of sp³-hybridized carbons (Fsp3) is 0.371. The molecule has 1 aliphatic carbocycles. The zero-order valence-corrected chi connectivity index (χ0v) is 28.2. The molecule has 1 N–H and O–H groups in total. The van der Waals surface area contributed by atoms with E-state index in [1.165, 1.54) is 22.3 Å². The maximum atomic E-state index is 14.0. The lowest BCUT2D eigenvalue weighted by Crippen LogP contribution is -2.73. The molecule has 0 amide bonds. The van der Waals surface area contributed by atoms with Gasteiger partial charge in [-0.25, -0.2) is 14.8 Å². The summed E-state index contributed by atoms with van der Waals surface area (Å²) in [5.41, 5.74) is 2.94. The first-order valence-electron chi connectivity index (χ1n) is 15.8. The average molecular weight is 682 g/mol. The number of ether oxygens (including phenoxy) is 1. The van der Waals surface area contributed by atoms with Gasteiger partial charge in [0, 0.05) is 65.4 Å². The smallest absolute Gasteiger partial charge is 0.338 e. The normalized spacial score (nSPS) is 19.2. The molecular formula is C35H32ClN7O4S. The van der Waals surface area contributed by atoms with E-state index in [1.54, 1.807) is 49.0 Å². The van der Waals surface area contributed by atoms with Gasteiger partial charge in [-0.1, -0.05) is 25.4 Å². The molecule has 4 aromatic heterocycles. The summed E-state index contributed by atoms with van der Waals surface area (Å²) in [6.45, 7) is 10.5. The van der Waals surface area contributed by atoms with E-state index in [4.69, 9.17) is 16.3 Å². The maximum Gasteiger partial charge on any atom is 0.338 e. The zero-order valence-electron chi connectivity index (χ0n) is 26.7. The van der Waals surface area contributed by atoms with Crippen LogP contribution in [0.4, 0.5) is 5.82 Å². The van der Waals surface area contributed by atoms with Crippen LogP contribution in [0.25, 0.3) is 32.2 Å². The first-order chi connectivity index (χ1) is 23.0. The molecule has 0 radical (unpaired) electrons. The molecule has 11 nitrogen and oxygen atoms in total. The Morgan fingerprint density at radius 3 is 2.67 bits per heavy atom. The molecule has 5 aromatic rings. The van der Waals surface area contributed by atoms with Crippen LogP contribution in [0.5, 0.6) is 5.75 Å². The van der Waals surface area contributed by atoms with Gasteiger partial charge in [0.15, 0.2) is 0 Å². The second-order valence-electron chi connectivity index (χ2n) is 13.9. The van der Waals surface area contributed by atoms with E-state index in [9.17, 15) is 20.0 Å². The third-order valence-corrected chi connectivity index (χ3v) is 11.3. The number of carboxylic acids is 1. The minimum Gasteiger partial charge on any atom is -0.491 e. The van der Waals surface area contributed by atoms with Crippen LogP contribution >= 0.6 is 22.9 Å². The summed E-state index contributed by atoms with van der Waals surface area (Å²) in [5.74, 6) is 0.507. The van der Waals surface area contributed by atoms with Gasteiger partial charge in [-0.05, 0) is 43.0 Å². The molecule has 48 heavy (non-hydrogen) atoms. The number of thiophene rings is 1. The highest BCUT2D eigenvalue weighted by Crippen LogP contribution is 2.54. The summed E-state index contributed by atoms with van der Waals surface area (Å²) in [5, 5.41) is 22.2. The molecule has 2 aliphatic heterocycles. The van der Waals surface area contributed by atoms with E-state index in [0.717, 1.165) is 31.7 Å². The molecule has 6 heterocycles. The van der Waals surface area contributed by atoms with Crippen molar-refractivity contribution in [2.24, 2.45) is 10.8 Å². The molecule has 1 atom stereocenters. The summed E-state index contributed by atoms with van der Waals surface area (Å²) in [6, 6.07) is 9.98. The van der Waals surface area contributed by atoms with Gasteiger partial charge in [-0.3, -0.25) is 19.2 Å². The predicted molar refractivity (Wildman–Crippen MR) is 184 cm³/mol. The second-order valence-corrected chi connectivity index (χ2v) is 15.2. The van der Waals surface area contributed by atoms with Crippen molar-refractivity contribution in [3.63, 3.8) is 0 Å². The minimum absolute atomic E-state index is 0.129. The van der Waals surface area contributed by atoms with Gasteiger partial charge in [-0.15, -0.1) is 11.3 Å². The Kier molecular flexibility index (Phi) is 7.03.